The average Bonchev–Trinajstić information content (AvgIpc) is 3.08. The van der Waals surface area contributed by atoms with Gasteiger partial charge in [-0.1, -0.05) is 48.0 Å². The van der Waals surface area contributed by atoms with E-state index in [9.17, 15) is 18.5 Å². The van der Waals surface area contributed by atoms with Crippen molar-refractivity contribution < 1.29 is 18.5 Å². The van der Waals surface area contributed by atoms with Crippen molar-refractivity contribution in [2.24, 2.45) is 0 Å². The Balaban J connectivity index is 2.32. The van der Waals surface area contributed by atoms with Crippen LogP contribution in [-0.2, 0) is 22.9 Å². The lowest BCUT2D eigenvalue weighted by Gasteiger charge is -2.44. The monoisotopic (exact) mass is 542 g/mol. The van der Waals surface area contributed by atoms with Gasteiger partial charge in [-0.25, -0.2) is 18.1 Å². The summed E-state index contributed by atoms with van der Waals surface area (Å²) in [6.07, 6.45) is 0.932. The molecule has 1 aliphatic rings. The fraction of sp³-hybridized carbons (Fsp3) is 0.348. The summed E-state index contributed by atoms with van der Waals surface area (Å²) in [5.41, 5.74) is 0.240. The third-order valence-corrected chi connectivity index (χ3v) is 8.66. The number of anilines is 1. The van der Waals surface area contributed by atoms with E-state index in [0.29, 0.717) is 22.0 Å². The molecule has 0 aromatic heterocycles. The predicted octanol–water partition coefficient (Wildman–Crippen LogP) is 6.17. The summed E-state index contributed by atoms with van der Waals surface area (Å²) in [7, 11) is -1.50. The maximum atomic E-state index is 14.6. The Labute approximate surface area is 203 Å². The third kappa shape index (κ3) is 4.25. The van der Waals surface area contributed by atoms with E-state index in [2.05, 4.69) is 27.2 Å². The molecule has 0 saturated heterocycles. The van der Waals surface area contributed by atoms with E-state index in [1.54, 1.807) is 6.08 Å². The zero-order valence-corrected chi connectivity index (χ0v) is 21.2. The first-order chi connectivity index (χ1) is 14.9. The summed E-state index contributed by atoms with van der Waals surface area (Å²) in [5, 5.41) is 10.2. The van der Waals surface area contributed by atoms with Crippen LogP contribution in [0.3, 0.4) is 0 Å². The summed E-state index contributed by atoms with van der Waals surface area (Å²) in [4.78, 5) is 13.8. The second-order valence-electron chi connectivity index (χ2n) is 8.64. The Morgan fingerprint density at radius 2 is 2.06 bits per heavy atom. The number of carboxylic acid groups (broad SMARTS) is 1. The van der Waals surface area contributed by atoms with Crippen LogP contribution in [0.4, 0.5) is 14.9 Å². The van der Waals surface area contributed by atoms with Gasteiger partial charge in [0.1, 0.15) is 5.82 Å². The summed E-state index contributed by atoms with van der Waals surface area (Å²) >= 11 is 9.51. The zero-order valence-electron chi connectivity index (χ0n) is 18.0. The standard InChI is InChI=1S/C23H25BrClFN2O3S/c1-5-9-18(27-32(31)22(2,3)4)23(14-10-7-6-8-11-14)13-15-17(28(23)21(29)30)12-16(26)20(25)19(15)24/h5-8,10-12,18,27H,1,9,13H2,2-4H3,(H,29,30)/t18-,23+,32?/m1/s1. The molecule has 0 saturated carbocycles. The fourth-order valence-electron chi connectivity index (χ4n) is 4.08. The molecule has 1 amide bonds. The van der Waals surface area contributed by atoms with Gasteiger partial charge in [-0.3, -0.25) is 4.90 Å². The number of halogens is 3. The molecule has 2 N–H and O–H groups in total. The minimum absolute atomic E-state index is 0.107. The van der Waals surface area contributed by atoms with Crippen molar-refractivity contribution in [3.05, 3.63) is 75.5 Å². The SMILES string of the molecule is C=CC[C@@H](NS(=O)C(C)(C)C)[C@@]1(c2ccccc2)Cc2c(cc(F)c(Cl)c2Br)N1C(=O)O. The highest BCUT2D eigenvalue weighted by Crippen LogP contribution is 2.52. The van der Waals surface area contributed by atoms with Crippen LogP contribution in [0.2, 0.25) is 5.02 Å². The molecule has 1 aliphatic heterocycles. The van der Waals surface area contributed by atoms with Crippen molar-refractivity contribution in [1.29, 1.82) is 0 Å². The minimum atomic E-state index is -1.50. The number of nitrogens with one attached hydrogen (secondary N) is 1. The smallest absolute Gasteiger partial charge is 0.412 e. The molecule has 172 valence electrons. The highest BCUT2D eigenvalue weighted by atomic mass is 79.9. The fourth-order valence-corrected chi connectivity index (χ4v) is 5.68. The Morgan fingerprint density at radius 3 is 2.59 bits per heavy atom. The van der Waals surface area contributed by atoms with E-state index in [1.807, 2.05) is 51.1 Å². The molecule has 5 nitrogen and oxygen atoms in total. The second-order valence-corrected chi connectivity index (χ2v) is 11.8. The first-order valence-electron chi connectivity index (χ1n) is 9.99. The van der Waals surface area contributed by atoms with Gasteiger partial charge in [0.25, 0.3) is 0 Å². The Morgan fingerprint density at radius 1 is 1.44 bits per heavy atom. The maximum Gasteiger partial charge on any atom is 0.412 e. The summed E-state index contributed by atoms with van der Waals surface area (Å²) < 4.78 is 30.6. The van der Waals surface area contributed by atoms with E-state index >= 15 is 0 Å². The molecular formula is C23H25BrClFN2O3S. The van der Waals surface area contributed by atoms with E-state index in [-0.39, 0.29) is 17.1 Å². The molecule has 0 bridgehead atoms. The number of benzene rings is 2. The normalized spacial score (nSPS) is 20.0. The van der Waals surface area contributed by atoms with Gasteiger partial charge in [0.2, 0.25) is 0 Å². The summed E-state index contributed by atoms with van der Waals surface area (Å²) in [6.45, 7) is 9.34. The van der Waals surface area contributed by atoms with Gasteiger partial charge in [-0.15, -0.1) is 6.58 Å². The van der Waals surface area contributed by atoms with Crippen molar-refractivity contribution in [2.45, 2.75) is 49.9 Å². The number of hydrogen-bond donors (Lipinski definition) is 2. The number of hydrogen-bond acceptors (Lipinski definition) is 2. The Hall–Kier alpha value is -1.74. The van der Waals surface area contributed by atoms with Crippen LogP contribution in [-0.4, -0.2) is 26.2 Å². The maximum absolute atomic E-state index is 14.6. The summed E-state index contributed by atoms with van der Waals surface area (Å²) in [6, 6.07) is 9.63. The average molecular weight is 544 g/mol. The van der Waals surface area contributed by atoms with Gasteiger partial charge in [0.05, 0.1) is 38.0 Å². The van der Waals surface area contributed by atoms with Crippen molar-refractivity contribution in [3.63, 3.8) is 0 Å². The number of nitrogens with zero attached hydrogens (tertiary/aromatic N) is 1. The van der Waals surface area contributed by atoms with Crippen molar-refractivity contribution in [2.75, 3.05) is 4.90 Å². The Kier molecular flexibility index (Phi) is 7.20. The second kappa shape index (κ2) is 9.25. The topological polar surface area (TPSA) is 69.6 Å². The first kappa shape index (κ1) is 24.9. The summed E-state index contributed by atoms with van der Waals surface area (Å²) in [5.74, 6) is -0.723. The molecule has 9 heteroatoms. The predicted molar refractivity (Wildman–Crippen MR) is 131 cm³/mol. The zero-order chi connectivity index (χ0) is 23.8. The number of amides is 1. The molecule has 2 aromatic carbocycles. The van der Waals surface area contributed by atoms with E-state index in [1.165, 1.54) is 4.90 Å². The van der Waals surface area contributed by atoms with Gasteiger partial charge in [0.15, 0.2) is 0 Å². The largest absolute Gasteiger partial charge is 0.465 e. The minimum Gasteiger partial charge on any atom is -0.465 e. The van der Waals surface area contributed by atoms with E-state index in [4.69, 9.17) is 11.6 Å². The first-order valence-corrected chi connectivity index (χ1v) is 12.3. The van der Waals surface area contributed by atoms with Crippen molar-refractivity contribution in [1.82, 2.24) is 4.72 Å². The van der Waals surface area contributed by atoms with Crippen molar-refractivity contribution >= 4 is 50.3 Å². The molecule has 0 fully saturated rings. The number of rotatable bonds is 6. The highest BCUT2D eigenvalue weighted by molar-refractivity contribution is 9.10. The molecule has 32 heavy (non-hydrogen) atoms. The van der Waals surface area contributed by atoms with Gasteiger partial charge in [0, 0.05) is 10.9 Å². The molecule has 0 radical (unpaired) electrons. The van der Waals surface area contributed by atoms with Crippen LogP contribution in [0.5, 0.6) is 0 Å². The third-order valence-electron chi connectivity index (χ3n) is 5.58. The molecular weight excluding hydrogens is 519 g/mol. The molecule has 1 heterocycles. The lowest BCUT2D eigenvalue weighted by atomic mass is 9.78. The lowest BCUT2D eigenvalue weighted by Crippen LogP contribution is -2.60. The molecule has 0 spiro atoms. The van der Waals surface area contributed by atoms with Gasteiger partial charge >= 0.3 is 6.09 Å². The number of carbonyl (C=O) groups is 1. The quantitative estimate of drug-likeness (QED) is 0.338. The van der Waals surface area contributed by atoms with E-state index in [0.717, 1.165) is 6.07 Å². The van der Waals surface area contributed by atoms with Crippen LogP contribution in [0.25, 0.3) is 0 Å². The van der Waals surface area contributed by atoms with Crippen LogP contribution >= 0.6 is 27.5 Å². The molecule has 3 rings (SSSR count). The lowest BCUT2D eigenvalue weighted by molar-refractivity contribution is 0.187. The molecule has 1 unspecified atom stereocenters. The highest BCUT2D eigenvalue weighted by Gasteiger charge is 2.55. The van der Waals surface area contributed by atoms with Crippen molar-refractivity contribution in [3.8, 4) is 0 Å². The van der Waals surface area contributed by atoms with Gasteiger partial charge in [-0.05, 0) is 60.3 Å². The number of fused-ring (bicyclic) bond motifs is 1. The van der Waals surface area contributed by atoms with Gasteiger partial charge < -0.3 is 5.11 Å². The van der Waals surface area contributed by atoms with Crippen LogP contribution in [0.1, 0.15) is 38.3 Å². The molecule has 2 aromatic rings. The van der Waals surface area contributed by atoms with E-state index < -0.39 is 39.2 Å². The molecule has 0 aliphatic carbocycles. The van der Waals surface area contributed by atoms with Crippen LogP contribution in [0.15, 0.2) is 53.5 Å². The Bertz CT molecular complexity index is 1080. The van der Waals surface area contributed by atoms with Gasteiger partial charge in [-0.2, -0.15) is 0 Å². The van der Waals surface area contributed by atoms with Crippen LogP contribution < -0.4 is 9.62 Å². The van der Waals surface area contributed by atoms with Crippen LogP contribution in [0, 0.1) is 5.82 Å². The molecule has 3 atom stereocenters.